The summed E-state index contributed by atoms with van der Waals surface area (Å²) in [6.45, 7) is 0. The lowest BCUT2D eigenvalue weighted by atomic mass is 10.1. The molecule has 0 amide bonds. The highest BCUT2D eigenvalue weighted by Gasteiger charge is 2.24. The zero-order chi connectivity index (χ0) is 14.3. The summed E-state index contributed by atoms with van der Waals surface area (Å²) in [6, 6.07) is 3.41. The van der Waals surface area contributed by atoms with Crippen molar-refractivity contribution < 1.29 is 8.60 Å². The van der Waals surface area contributed by atoms with Gasteiger partial charge in [0.05, 0.1) is 21.4 Å². The molecular formula is C13H13BrClFN2OS. The topological polar surface area (TPSA) is 34.9 Å². The highest BCUT2D eigenvalue weighted by Crippen LogP contribution is 2.31. The molecule has 0 bridgehead atoms. The molecule has 0 N–H and O–H groups in total. The van der Waals surface area contributed by atoms with Crippen LogP contribution in [0.25, 0.3) is 11.0 Å². The summed E-state index contributed by atoms with van der Waals surface area (Å²) in [4.78, 5) is 4.42. The summed E-state index contributed by atoms with van der Waals surface area (Å²) in [5, 5.41) is 0. The zero-order valence-electron chi connectivity index (χ0n) is 10.6. The van der Waals surface area contributed by atoms with Crippen LogP contribution >= 0.6 is 27.5 Å². The molecule has 108 valence electrons. The number of alkyl halides is 1. The number of hydrogen-bond donors (Lipinski definition) is 0. The van der Waals surface area contributed by atoms with Crippen molar-refractivity contribution in [3.05, 3.63) is 28.2 Å². The van der Waals surface area contributed by atoms with Gasteiger partial charge in [0.2, 0.25) is 0 Å². The van der Waals surface area contributed by atoms with Gasteiger partial charge in [-0.3, -0.25) is 4.21 Å². The van der Waals surface area contributed by atoms with Crippen LogP contribution in [0.1, 0.15) is 24.7 Å². The maximum atomic E-state index is 13.6. The highest BCUT2D eigenvalue weighted by atomic mass is 79.9. The number of halogens is 3. The molecule has 2 aromatic rings. The van der Waals surface area contributed by atoms with Crippen LogP contribution in [-0.4, -0.2) is 25.3 Å². The fourth-order valence-electron chi connectivity index (χ4n) is 2.68. The minimum absolute atomic E-state index is 0.240. The number of imidazole rings is 1. The third kappa shape index (κ3) is 2.53. The fourth-order valence-corrected chi connectivity index (χ4v) is 4.48. The summed E-state index contributed by atoms with van der Waals surface area (Å²) < 4.78 is 27.6. The maximum absolute atomic E-state index is 13.6. The van der Waals surface area contributed by atoms with Crippen LogP contribution in [0.4, 0.5) is 4.39 Å². The lowest BCUT2D eigenvalue weighted by Gasteiger charge is -2.25. The Labute approximate surface area is 132 Å². The average molecular weight is 380 g/mol. The zero-order valence-corrected chi connectivity index (χ0v) is 13.8. The second-order valence-corrected chi connectivity index (χ2v) is 7.68. The molecule has 1 fully saturated rings. The van der Waals surface area contributed by atoms with Crippen molar-refractivity contribution in [2.45, 2.75) is 24.8 Å². The number of aromatic nitrogens is 2. The first-order chi connectivity index (χ1) is 9.60. The quantitative estimate of drug-likeness (QED) is 0.745. The van der Waals surface area contributed by atoms with E-state index in [1.54, 1.807) is 6.07 Å². The van der Waals surface area contributed by atoms with Crippen LogP contribution < -0.4 is 0 Å². The Kier molecular flexibility index (Phi) is 4.15. The lowest BCUT2D eigenvalue weighted by molar-refractivity contribution is 0.462. The highest BCUT2D eigenvalue weighted by molar-refractivity contribution is 9.10. The number of fused-ring (bicyclic) bond motifs is 1. The summed E-state index contributed by atoms with van der Waals surface area (Å²) in [5.74, 6) is 2.11. The van der Waals surface area contributed by atoms with Crippen LogP contribution in [0.2, 0.25) is 0 Å². The Morgan fingerprint density at radius 1 is 1.45 bits per heavy atom. The summed E-state index contributed by atoms with van der Waals surface area (Å²) in [7, 11) is -0.709. The Hall–Kier alpha value is -0.460. The standard InChI is InChI=1S/C13H13BrClFN2OS/c14-9-5-12-11(6-10(9)16)17-13(7-15)18(12)8-1-3-20(19)4-2-8/h5-6,8H,1-4,7H2. The number of benzene rings is 1. The van der Waals surface area contributed by atoms with E-state index in [1.807, 2.05) is 0 Å². The van der Waals surface area contributed by atoms with Gasteiger partial charge >= 0.3 is 0 Å². The van der Waals surface area contributed by atoms with Gasteiger partial charge in [0.15, 0.2) is 0 Å². The fraction of sp³-hybridized carbons (Fsp3) is 0.462. The van der Waals surface area contributed by atoms with E-state index in [9.17, 15) is 8.60 Å². The second-order valence-electron chi connectivity index (χ2n) is 4.87. The van der Waals surface area contributed by atoms with Crippen LogP contribution in [0.3, 0.4) is 0 Å². The van der Waals surface area contributed by atoms with Gasteiger partial charge in [-0.15, -0.1) is 11.6 Å². The van der Waals surface area contributed by atoms with Crippen molar-refractivity contribution >= 4 is 49.4 Å². The predicted molar refractivity (Wildman–Crippen MR) is 83.1 cm³/mol. The van der Waals surface area contributed by atoms with E-state index < -0.39 is 10.8 Å². The molecule has 0 atom stereocenters. The number of rotatable bonds is 2. The molecule has 0 spiro atoms. The van der Waals surface area contributed by atoms with E-state index in [1.165, 1.54) is 6.07 Å². The molecule has 0 radical (unpaired) electrons. The molecule has 2 heterocycles. The molecule has 0 saturated carbocycles. The van der Waals surface area contributed by atoms with Gasteiger partial charge in [-0.25, -0.2) is 9.37 Å². The molecule has 3 rings (SSSR count). The van der Waals surface area contributed by atoms with Crippen molar-refractivity contribution in [3.8, 4) is 0 Å². The van der Waals surface area contributed by atoms with E-state index >= 15 is 0 Å². The van der Waals surface area contributed by atoms with Crippen molar-refractivity contribution in [2.24, 2.45) is 0 Å². The second kappa shape index (κ2) is 5.73. The van der Waals surface area contributed by atoms with Crippen LogP contribution in [0, 0.1) is 5.82 Å². The molecule has 3 nitrogen and oxygen atoms in total. The van der Waals surface area contributed by atoms with Gasteiger partial charge in [-0.05, 0) is 34.8 Å². The molecule has 1 aromatic carbocycles. The van der Waals surface area contributed by atoms with E-state index in [0.29, 0.717) is 21.5 Å². The molecule has 20 heavy (non-hydrogen) atoms. The van der Waals surface area contributed by atoms with Crippen molar-refractivity contribution in [2.75, 3.05) is 11.5 Å². The van der Waals surface area contributed by atoms with Crippen molar-refractivity contribution in [3.63, 3.8) is 0 Å². The SMILES string of the molecule is O=S1CCC(n2c(CCl)nc3cc(F)c(Br)cc32)CC1. The van der Waals surface area contributed by atoms with E-state index in [0.717, 1.165) is 24.2 Å². The summed E-state index contributed by atoms with van der Waals surface area (Å²) in [5.41, 5.74) is 1.50. The first-order valence-electron chi connectivity index (χ1n) is 6.37. The van der Waals surface area contributed by atoms with E-state index in [2.05, 4.69) is 25.5 Å². The predicted octanol–water partition coefficient (Wildman–Crippen LogP) is 3.76. The Balaban J connectivity index is 2.12. The Morgan fingerprint density at radius 2 is 2.15 bits per heavy atom. The minimum Gasteiger partial charge on any atom is -0.324 e. The number of hydrogen-bond acceptors (Lipinski definition) is 2. The molecule has 7 heteroatoms. The first-order valence-corrected chi connectivity index (χ1v) is 9.18. The summed E-state index contributed by atoms with van der Waals surface area (Å²) in [6.07, 6.45) is 1.69. The largest absolute Gasteiger partial charge is 0.324 e. The van der Waals surface area contributed by atoms with Crippen LogP contribution in [0.5, 0.6) is 0 Å². The normalized spacial score (nSPS) is 23.4. The van der Waals surface area contributed by atoms with Gasteiger partial charge < -0.3 is 4.57 Å². The van der Waals surface area contributed by atoms with Gasteiger partial charge in [0.1, 0.15) is 11.6 Å². The van der Waals surface area contributed by atoms with Crippen LogP contribution in [-0.2, 0) is 16.7 Å². The number of nitrogens with zero attached hydrogens (tertiary/aromatic N) is 2. The monoisotopic (exact) mass is 378 g/mol. The van der Waals surface area contributed by atoms with E-state index in [-0.39, 0.29) is 17.7 Å². The minimum atomic E-state index is -0.709. The van der Waals surface area contributed by atoms with Crippen molar-refractivity contribution in [1.82, 2.24) is 9.55 Å². The molecule has 1 saturated heterocycles. The van der Waals surface area contributed by atoms with Gasteiger partial charge in [-0.2, -0.15) is 0 Å². The smallest absolute Gasteiger partial charge is 0.139 e. The van der Waals surface area contributed by atoms with Gasteiger partial charge in [0.25, 0.3) is 0 Å². The third-order valence-corrected chi connectivity index (χ3v) is 5.88. The molecule has 1 aromatic heterocycles. The lowest BCUT2D eigenvalue weighted by Crippen LogP contribution is -2.22. The maximum Gasteiger partial charge on any atom is 0.139 e. The first kappa shape index (κ1) is 14.5. The van der Waals surface area contributed by atoms with E-state index in [4.69, 9.17) is 11.6 Å². The molecule has 1 aliphatic heterocycles. The molecule has 0 unspecified atom stereocenters. The van der Waals surface area contributed by atoms with Gasteiger partial charge in [0, 0.05) is 34.4 Å². The third-order valence-electron chi connectivity index (χ3n) is 3.65. The molecule has 1 aliphatic rings. The Bertz CT molecular complexity index is 681. The molecule has 0 aliphatic carbocycles. The van der Waals surface area contributed by atoms with Crippen molar-refractivity contribution in [1.29, 1.82) is 0 Å². The average Bonchev–Trinajstić information content (AvgIpc) is 2.78. The van der Waals surface area contributed by atoms with Crippen LogP contribution in [0.15, 0.2) is 16.6 Å². The summed E-state index contributed by atoms with van der Waals surface area (Å²) >= 11 is 9.20. The molecular weight excluding hydrogens is 367 g/mol. The Morgan fingerprint density at radius 3 is 2.80 bits per heavy atom. The van der Waals surface area contributed by atoms with Gasteiger partial charge in [-0.1, -0.05) is 0 Å².